The van der Waals surface area contributed by atoms with Crippen molar-refractivity contribution in [1.29, 1.82) is 0 Å². The predicted molar refractivity (Wildman–Crippen MR) is 61.8 cm³/mol. The summed E-state index contributed by atoms with van der Waals surface area (Å²) in [6.45, 7) is 0.806. The van der Waals surface area contributed by atoms with Gasteiger partial charge in [-0.2, -0.15) is 5.10 Å². The van der Waals surface area contributed by atoms with Gasteiger partial charge in [-0.3, -0.25) is 5.10 Å². The Morgan fingerprint density at radius 2 is 2.24 bits per heavy atom. The molecule has 0 fully saturated rings. The molecule has 0 spiro atoms. The van der Waals surface area contributed by atoms with Crippen LogP contribution in [0.5, 0.6) is 5.88 Å². The third-order valence-corrected chi connectivity index (χ3v) is 2.21. The van der Waals surface area contributed by atoms with Crippen molar-refractivity contribution >= 4 is 5.82 Å². The van der Waals surface area contributed by atoms with Crippen molar-refractivity contribution < 1.29 is 4.74 Å². The summed E-state index contributed by atoms with van der Waals surface area (Å²) in [6, 6.07) is 1.76. The monoisotopic (exact) mass is 234 g/mol. The Morgan fingerprint density at radius 3 is 3.00 bits per heavy atom. The van der Waals surface area contributed by atoms with Crippen LogP contribution in [0.2, 0.25) is 0 Å². The molecule has 0 atom stereocenters. The Kier molecular flexibility index (Phi) is 3.85. The molecule has 0 radical (unpaired) electrons. The molecular weight excluding hydrogens is 220 g/mol. The summed E-state index contributed by atoms with van der Waals surface area (Å²) in [7, 11) is 1.58. The zero-order chi connectivity index (χ0) is 11.9. The van der Waals surface area contributed by atoms with E-state index in [-0.39, 0.29) is 0 Å². The molecule has 0 unspecified atom stereocenters. The highest BCUT2D eigenvalue weighted by Crippen LogP contribution is 2.09. The van der Waals surface area contributed by atoms with Gasteiger partial charge in [0.15, 0.2) is 0 Å². The van der Waals surface area contributed by atoms with Crippen LogP contribution in [0, 0.1) is 0 Å². The molecule has 0 aliphatic rings. The molecule has 2 N–H and O–H groups in total. The molecule has 7 heteroatoms. The van der Waals surface area contributed by atoms with E-state index in [1.807, 2.05) is 0 Å². The lowest BCUT2D eigenvalue weighted by Crippen LogP contribution is -2.05. The van der Waals surface area contributed by atoms with Gasteiger partial charge in [0.05, 0.1) is 7.11 Å². The molecule has 0 saturated heterocycles. The minimum Gasteiger partial charge on any atom is -0.481 e. The molecule has 0 amide bonds. The van der Waals surface area contributed by atoms with Gasteiger partial charge in [-0.25, -0.2) is 15.0 Å². The van der Waals surface area contributed by atoms with E-state index >= 15 is 0 Å². The molecule has 0 saturated carbocycles. The Labute approximate surface area is 98.7 Å². The van der Waals surface area contributed by atoms with Gasteiger partial charge in [-0.15, -0.1) is 0 Å². The Bertz CT molecular complexity index is 444. The number of aryl methyl sites for hydroxylation is 1. The van der Waals surface area contributed by atoms with Crippen molar-refractivity contribution in [3.8, 4) is 5.88 Å². The van der Waals surface area contributed by atoms with Crippen molar-refractivity contribution in [2.75, 3.05) is 19.0 Å². The molecule has 2 aromatic heterocycles. The molecule has 2 aromatic rings. The number of anilines is 1. The first kappa shape index (κ1) is 11.3. The summed E-state index contributed by atoms with van der Waals surface area (Å²) >= 11 is 0. The predicted octanol–water partition coefficient (Wildman–Crippen LogP) is 0.648. The summed E-state index contributed by atoms with van der Waals surface area (Å²) in [5.41, 5.74) is 0. The van der Waals surface area contributed by atoms with Gasteiger partial charge < -0.3 is 10.1 Å². The van der Waals surface area contributed by atoms with Crippen LogP contribution in [0.4, 0.5) is 5.82 Å². The highest BCUT2D eigenvalue weighted by Gasteiger charge is 1.98. The van der Waals surface area contributed by atoms with Crippen LogP contribution in [0.15, 0.2) is 18.7 Å². The quantitative estimate of drug-likeness (QED) is 0.713. The number of methoxy groups -OCH3 is 1. The SMILES string of the molecule is COc1cc(NCCCc2ncn[nH]2)ncn1. The number of rotatable bonds is 6. The average Bonchev–Trinajstić information content (AvgIpc) is 2.88. The molecular formula is C10H14N6O. The van der Waals surface area contributed by atoms with Crippen molar-refractivity contribution in [3.63, 3.8) is 0 Å². The number of ether oxygens (including phenoxy) is 1. The number of nitrogens with one attached hydrogen (secondary N) is 2. The number of H-pyrrole nitrogens is 1. The van der Waals surface area contributed by atoms with Gasteiger partial charge in [0.2, 0.25) is 5.88 Å². The van der Waals surface area contributed by atoms with E-state index in [0.29, 0.717) is 5.88 Å². The Hall–Kier alpha value is -2.18. The standard InChI is InChI=1S/C10H14N6O/c1-17-10-5-9(12-6-14-10)11-4-2-3-8-13-7-15-16-8/h5-7H,2-4H2,1H3,(H,11,12,14)(H,13,15,16). The maximum absolute atomic E-state index is 5.01. The van der Waals surface area contributed by atoms with Crippen molar-refractivity contribution in [1.82, 2.24) is 25.1 Å². The number of aromatic nitrogens is 5. The fourth-order valence-electron chi connectivity index (χ4n) is 1.37. The third-order valence-electron chi connectivity index (χ3n) is 2.21. The zero-order valence-electron chi connectivity index (χ0n) is 9.55. The van der Waals surface area contributed by atoms with Crippen LogP contribution in [0.3, 0.4) is 0 Å². The fourth-order valence-corrected chi connectivity index (χ4v) is 1.37. The lowest BCUT2D eigenvalue weighted by Gasteiger charge is -2.05. The lowest BCUT2D eigenvalue weighted by atomic mass is 10.3. The number of hydrogen-bond donors (Lipinski definition) is 2. The molecule has 2 rings (SSSR count). The normalized spacial score (nSPS) is 10.2. The van der Waals surface area contributed by atoms with Crippen LogP contribution < -0.4 is 10.1 Å². The maximum Gasteiger partial charge on any atom is 0.218 e. The highest BCUT2D eigenvalue weighted by molar-refractivity contribution is 5.36. The maximum atomic E-state index is 5.01. The summed E-state index contributed by atoms with van der Waals surface area (Å²) < 4.78 is 5.01. The number of nitrogens with zero attached hydrogens (tertiary/aromatic N) is 4. The molecule has 90 valence electrons. The first-order valence-corrected chi connectivity index (χ1v) is 5.32. The molecule has 17 heavy (non-hydrogen) atoms. The van der Waals surface area contributed by atoms with Crippen LogP contribution in [0.25, 0.3) is 0 Å². The topological polar surface area (TPSA) is 88.6 Å². The van der Waals surface area contributed by atoms with Crippen LogP contribution >= 0.6 is 0 Å². The lowest BCUT2D eigenvalue weighted by molar-refractivity contribution is 0.397. The van der Waals surface area contributed by atoms with Gasteiger partial charge >= 0.3 is 0 Å². The van der Waals surface area contributed by atoms with Gasteiger partial charge in [0, 0.05) is 19.0 Å². The first-order valence-electron chi connectivity index (χ1n) is 5.32. The van der Waals surface area contributed by atoms with Crippen molar-refractivity contribution in [2.24, 2.45) is 0 Å². The summed E-state index contributed by atoms with van der Waals surface area (Å²) in [6.07, 6.45) is 4.78. The summed E-state index contributed by atoms with van der Waals surface area (Å²) in [5.74, 6) is 2.21. The number of aromatic amines is 1. The third kappa shape index (κ3) is 3.40. The first-order chi connectivity index (χ1) is 8.38. The Morgan fingerprint density at radius 1 is 1.29 bits per heavy atom. The minimum atomic E-state index is 0.553. The molecule has 0 aromatic carbocycles. The van der Waals surface area contributed by atoms with Gasteiger partial charge in [-0.1, -0.05) is 0 Å². The minimum absolute atomic E-state index is 0.553. The van der Waals surface area contributed by atoms with E-state index < -0.39 is 0 Å². The van der Waals surface area contributed by atoms with Gasteiger partial charge in [0.25, 0.3) is 0 Å². The number of hydrogen-bond acceptors (Lipinski definition) is 6. The van der Waals surface area contributed by atoms with E-state index in [4.69, 9.17) is 4.74 Å². The highest BCUT2D eigenvalue weighted by atomic mass is 16.5. The van der Waals surface area contributed by atoms with Crippen LogP contribution in [-0.2, 0) is 6.42 Å². The van der Waals surface area contributed by atoms with Gasteiger partial charge in [0.1, 0.15) is 24.3 Å². The molecule has 0 aliphatic carbocycles. The van der Waals surface area contributed by atoms with Crippen molar-refractivity contribution in [3.05, 3.63) is 24.5 Å². The van der Waals surface area contributed by atoms with E-state index in [0.717, 1.165) is 31.0 Å². The average molecular weight is 234 g/mol. The smallest absolute Gasteiger partial charge is 0.218 e. The second-order valence-corrected chi connectivity index (χ2v) is 3.41. The fraction of sp³-hybridized carbons (Fsp3) is 0.400. The summed E-state index contributed by atoms with van der Waals surface area (Å²) in [5, 5.41) is 9.80. The zero-order valence-corrected chi connectivity index (χ0v) is 9.55. The largest absolute Gasteiger partial charge is 0.481 e. The Balaban J connectivity index is 1.74. The molecule has 0 bridgehead atoms. The van der Waals surface area contributed by atoms with E-state index in [1.165, 1.54) is 12.7 Å². The second kappa shape index (κ2) is 5.78. The summed E-state index contributed by atoms with van der Waals surface area (Å²) in [4.78, 5) is 12.1. The van der Waals surface area contributed by atoms with E-state index in [2.05, 4.69) is 30.5 Å². The van der Waals surface area contributed by atoms with Crippen molar-refractivity contribution in [2.45, 2.75) is 12.8 Å². The molecule has 0 aliphatic heterocycles. The van der Waals surface area contributed by atoms with E-state index in [9.17, 15) is 0 Å². The van der Waals surface area contributed by atoms with Gasteiger partial charge in [-0.05, 0) is 6.42 Å². The molecule has 2 heterocycles. The van der Waals surface area contributed by atoms with Crippen LogP contribution in [-0.4, -0.2) is 38.8 Å². The van der Waals surface area contributed by atoms with Crippen LogP contribution in [0.1, 0.15) is 12.2 Å². The molecule has 7 nitrogen and oxygen atoms in total. The second-order valence-electron chi connectivity index (χ2n) is 3.41. The van der Waals surface area contributed by atoms with E-state index in [1.54, 1.807) is 13.2 Å².